The number of fused-ring (bicyclic) bond motifs is 1. The first-order valence-electron chi connectivity index (χ1n) is 9.28. The monoisotopic (exact) mass is 395 g/mol. The number of nitrogens with zero attached hydrogens (tertiary/aromatic N) is 2. The minimum absolute atomic E-state index is 0.0807. The van der Waals surface area contributed by atoms with Crippen molar-refractivity contribution >= 4 is 22.5 Å². The third-order valence-electron chi connectivity index (χ3n) is 5.23. The molecule has 1 amide bonds. The molecule has 0 saturated carbocycles. The minimum Gasteiger partial charge on any atom is -0.383 e. The Balaban J connectivity index is 1.87. The maximum Gasteiger partial charge on any atom is 0.418 e. The number of aliphatic hydroxyl groups is 1. The highest BCUT2D eigenvalue weighted by Gasteiger charge is 2.36. The molecule has 1 saturated heterocycles. The van der Waals surface area contributed by atoms with Crippen molar-refractivity contribution in [1.82, 2.24) is 10.3 Å². The zero-order chi connectivity index (χ0) is 20.6. The van der Waals surface area contributed by atoms with Gasteiger partial charge in [-0.3, -0.25) is 9.78 Å². The molecule has 0 spiro atoms. The number of pyridine rings is 1. The van der Waals surface area contributed by atoms with E-state index in [9.17, 15) is 23.1 Å². The van der Waals surface area contributed by atoms with Crippen molar-refractivity contribution in [3.8, 4) is 0 Å². The van der Waals surface area contributed by atoms with Crippen LogP contribution in [0.3, 0.4) is 0 Å². The lowest BCUT2D eigenvalue weighted by atomic mass is 10.0. The van der Waals surface area contributed by atoms with E-state index in [2.05, 4.69) is 10.3 Å². The number of rotatable bonds is 4. The molecule has 1 aromatic carbocycles. The number of benzene rings is 1. The van der Waals surface area contributed by atoms with E-state index in [0.29, 0.717) is 24.2 Å². The number of alkyl halides is 3. The Morgan fingerprint density at radius 1 is 1.29 bits per heavy atom. The van der Waals surface area contributed by atoms with Gasteiger partial charge in [-0.05, 0) is 36.1 Å². The highest BCUT2D eigenvalue weighted by Crippen LogP contribution is 2.38. The number of nitrogens with one attached hydrogen (secondary N) is 1. The maximum absolute atomic E-state index is 13.3. The van der Waals surface area contributed by atoms with Gasteiger partial charge in [-0.15, -0.1) is 0 Å². The molecule has 5 nitrogen and oxygen atoms in total. The van der Waals surface area contributed by atoms with Gasteiger partial charge in [-0.2, -0.15) is 13.2 Å². The first-order chi connectivity index (χ1) is 13.1. The largest absolute Gasteiger partial charge is 0.418 e. The van der Waals surface area contributed by atoms with Gasteiger partial charge in [0.25, 0.3) is 0 Å². The van der Waals surface area contributed by atoms with E-state index in [1.807, 2.05) is 11.8 Å². The smallest absolute Gasteiger partial charge is 0.383 e. The number of amides is 1. The van der Waals surface area contributed by atoms with Crippen molar-refractivity contribution in [1.29, 1.82) is 0 Å². The van der Waals surface area contributed by atoms with Crippen LogP contribution in [0.4, 0.5) is 18.9 Å². The van der Waals surface area contributed by atoms with Crippen LogP contribution in [-0.2, 0) is 11.0 Å². The second-order valence-corrected chi connectivity index (χ2v) is 7.72. The molecule has 1 fully saturated rings. The zero-order valence-corrected chi connectivity index (χ0v) is 16.0. The molecular formula is C20H24F3N3O2. The average molecular weight is 395 g/mol. The Hall–Kier alpha value is -2.35. The number of hydrogen-bond acceptors (Lipinski definition) is 4. The second-order valence-electron chi connectivity index (χ2n) is 7.72. The Morgan fingerprint density at radius 3 is 2.64 bits per heavy atom. The summed E-state index contributed by atoms with van der Waals surface area (Å²) in [4.78, 5) is 18.1. The molecule has 1 aliphatic rings. The molecule has 152 valence electrons. The Morgan fingerprint density at radius 2 is 2.00 bits per heavy atom. The van der Waals surface area contributed by atoms with Gasteiger partial charge in [0.15, 0.2) is 0 Å². The zero-order valence-electron chi connectivity index (χ0n) is 16.0. The molecule has 2 heterocycles. The lowest BCUT2D eigenvalue weighted by molar-refractivity contribution is -0.136. The number of hydrogen-bond donors (Lipinski definition) is 2. The van der Waals surface area contributed by atoms with Gasteiger partial charge >= 0.3 is 6.18 Å². The van der Waals surface area contributed by atoms with Crippen LogP contribution in [0, 0.1) is 11.8 Å². The summed E-state index contributed by atoms with van der Waals surface area (Å²) in [7, 11) is 0. The van der Waals surface area contributed by atoms with Gasteiger partial charge in [0, 0.05) is 30.4 Å². The van der Waals surface area contributed by atoms with Crippen molar-refractivity contribution in [2.45, 2.75) is 39.1 Å². The first kappa shape index (κ1) is 20.4. The molecule has 8 heteroatoms. The summed E-state index contributed by atoms with van der Waals surface area (Å²) in [5.41, 5.74) is -0.184. The SMILES string of the molecule is CC(C)[C@H](O)C(=O)N[C@H]1CN(c2ccc(C(F)(F)F)c3ncccc23)C[C@H]1C. The van der Waals surface area contributed by atoms with Gasteiger partial charge < -0.3 is 15.3 Å². The van der Waals surface area contributed by atoms with Crippen molar-refractivity contribution in [3.05, 3.63) is 36.0 Å². The van der Waals surface area contributed by atoms with Crippen LogP contribution in [0.1, 0.15) is 26.3 Å². The summed E-state index contributed by atoms with van der Waals surface area (Å²) in [5.74, 6) is -0.539. The number of carbonyl (C=O) groups is 1. The molecule has 1 aliphatic heterocycles. The standard InChI is InChI=1S/C20H24F3N3O2/c1-11(2)18(27)19(28)25-15-10-26(9-12(15)3)16-7-6-14(20(21,22)23)17-13(16)5-4-8-24-17/h4-8,11-12,15,18,27H,9-10H2,1-3H3,(H,25,28)/t12-,15+,18+/m1/s1. The molecule has 3 rings (SSSR count). The number of halogens is 3. The molecule has 2 aromatic rings. The van der Waals surface area contributed by atoms with E-state index < -0.39 is 23.8 Å². The normalized spacial score (nSPS) is 21.4. The van der Waals surface area contributed by atoms with Crippen LogP contribution in [0.2, 0.25) is 0 Å². The third-order valence-corrected chi connectivity index (χ3v) is 5.23. The fourth-order valence-corrected chi connectivity index (χ4v) is 3.58. The molecule has 0 aliphatic carbocycles. The molecule has 3 atom stereocenters. The summed E-state index contributed by atoms with van der Waals surface area (Å²) in [6.07, 6.45) is -4.21. The summed E-state index contributed by atoms with van der Waals surface area (Å²) in [5, 5.41) is 13.2. The third kappa shape index (κ3) is 3.92. The summed E-state index contributed by atoms with van der Waals surface area (Å²) in [6.45, 7) is 6.52. The van der Waals surface area contributed by atoms with E-state index in [0.717, 1.165) is 6.07 Å². The van der Waals surface area contributed by atoms with Gasteiger partial charge in [-0.1, -0.05) is 20.8 Å². The minimum atomic E-state index is -4.48. The predicted octanol–water partition coefficient (Wildman–Crippen LogP) is 3.21. The van der Waals surface area contributed by atoms with Gasteiger partial charge in [-0.25, -0.2) is 0 Å². The molecule has 0 bridgehead atoms. The highest BCUT2D eigenvalue weighted by atomic mass is 19.4. The molecule has 1 aromatic heterocycles. The van der Waals surface area contributed by atoms with Crippen molar-refractivity contribution < 1.29 is 23.1 Å². The van der Waals surface area contributed by atoms with E-state index in [1.54, 1.807) is 26.0 Å². The fourth-order valence-electron chi connectivity index (χ4n) is 3.58. The van der Waals surface area contributed by atoms with Gasteiger partial charge in [0.2, 0.25) is 5.91 Å². The average Bonchev–Trinajstić information content (AvgIpc) is 2.99. The van der Waals surface area contributed by atoms with Gasteiger partial charge in [0.05, 0.1) is 17.1 Å². The summed E-state index contributed by atoms with van der Waals surface area (Å²) < 4.78 is 39.9. The lowest BCUT2D eigenvalue weighted by Gasteiger charge is -2.23. The van der Waals surface area contributed by atoms with Crippen LogP contribution >= 0.6 is 0 Å². The Kier molecular flexibility index (Phi) is 5.52. The fraction of sp³-hybridized carbons (Fsp3) is 0.500. The van der Waals surface area contributed by atoms with Crippen LogP contribution < -0.4 is 10.2 Å². The van der Waals surface area contributed by atoms with Gasteiger partial charge in [0.1, 0.15) is 6.10 Å². The molecular weight excluding hydrogens is 371 g/mol. The quantitative estimate of drug-likeness (QED) is 0.835. The molecule has 28 heavy (non-hydrogen) atoms. The lowest BCUT2D eigenvalue weighted by Crippen LogP contribution is -2.46. The number of carbonyl (C=O) groups excluding carboxylic acids is 1. The maximum atomic E-state index is 13.3. The highest BCUT2D eigenvalue weighted by molar-refractivity contribution is 5.94. The summed E-state index contributed by atoms with van der Waals surface area (Å²) >= 11 is 0. The molecule has 0 unspecified atom stereocenters. The second kappa shape index (κ2) is 7.58. The van der Waals surface area contributed by atoms with Crippen LogP contribution in [0.25, 0.3) is 10.9 Å². The summed E-state index contributed by atoms with van der Waals surface area (Å²) in [6, 6.07) is 5.57. The number of aromatic nitrogens is 1. The topological polar surface area (TPSA) is 65.5 Å². The van der Waals surface area contributed by atoms with E-state index in [-0.39, 0.29) is 23.4 Å². The predicted molar refractivity (Wildman–Crippen MR) is 101 cm³/mol. The van der Waals surface area contributed by atoms with Crippen molar-refractivity contribution in [3.63, 3.8) is 0 Å². The van der Waals surface area contributed by atoms with Crippen LogP contribution in [0.5, 0.6) is 0 Å². The van der Waals surface area contributed by atoms with E-state index in [4.69, 9.17) is 0 Å². The number of aliphatic hydroxyl groups excluding tert-OH is 1. The van der Waals surface area contributed by atoms with Crippen LogP contribution in [0.15, 0.2) is 30.5 Å². The Labute approximate surface area is 161 Å². The first-order valence-corrected chi connectivity index (χ1v) is 9.28. The van der Waals surface area contributed by atoms with Crippen LogP contribution in [-0.4, -0.2) is 41.2 Å². The molecule has 0 radical (unpaired) electrons. The van der Waals surface area contributed by atoms with E-state index in [1.165, 1.54) is 12.3 Å². The van der Waals surface area contributed by atoms with E-state index >= 15 is 0 Å². The Bertz CT molecular complexity index is 869. The van der Waals surface area contributed by atoms with Crippen molar-refractivity contribution in [2.75, 3.05) is 18.0 Å². The molecule has 2 N–H and O–H groups in total. The number of anilines is 1. The van der Waals surface area contributed by atoms with Crippen molar-refractivity contribution in [2.24, 2.45) is 11.8 Å².